The zero-order valence-corrected chi connectivity index (χ0v) is 16.0. The number of carboxylic acid groups (broad SMARTS) is 1. The lowest BCUT2D eigenvalue weighted by Crippen LogP contribution is -2.30. The summed E-state index contributed by atoms with van der Waals surface area (Å²) >= 11 is 0. The van der Waals surface area contributed by atoms with E-state index in [0.29, 0.717) is 13.0 Å². The summed E-state index contributed by atoms with van der Waals surface area (Å²) in [5, 5.41) is 21.3. The summed E-state index contributed by atoms with van der Waals surface area (Å²) in [5.74, 6) is -0.632. The fraction of sp³-hybridized carbons (Fsp3) is 0.619. The molecule has 1 aromatic carbocycles. The zero-order valence-electron chi connectivity index (χ0n) is 16.0. The molecule has 1 rings (SSSR count). The maximum absolute atomic E-state index is 12.4. The van der Waals surface area contributed by atoms with Crippen LogP contribution in [0.2, 0.25) is 0 Å². The first-order valence-electron chi connectivity index (χ1n) is 9.76. The van der Waals surface area contributed by atoms with Gasteiger partial charge in [-0.1, -0.05) is 51.7 Å². The lowest BCUT2D eigenvalue weighted by Gasteiger charge is -2.16. The molecule has 0 aliphatic rings. The number of phenolic OH excluding ortho intramolecular Hbond substituents is 1. The Balaban J connectivity index is 2.33. The zero-order chi connectivity index (χ0) is 19.4. The van der Waals surface area contributed by atoms with Gasteiger partial charge in [0, 0.05) is 12.5 Å². The van der Waals surface area contributed by atoms with Gasteiger partial charge in [-0.2, -0.15) is 0 Å². The topological polar surface area (TPSA) is 86.6 Å². The Morgan fingerprint density at radius 1 is 0.962 bits per heavy atom. The van der Waals surface area contributed by atoms with Gasteiger partial charge in [0.25, 0.3) is 0 Å². The van der Waals surface area contributed by atoms with E-state index in [1.54, 1.807) is 24.3 Å². The third-order valence-electron chi connectivity index (χ3n) is 4.86. The first-order chi connectivity index (χ1) is 12.5. The molecule has 0 saturated carbocycles. The number of nitrogens with one attached hydrogen (secondary N) is 1. The predicted molar refractivity (Wildman–Crippen MR) is 103 cm³/mol. The molecule has 0 radical (unpaired) electrons. The van der Waals surface area contributed by atoms with Crippen LogP contribution >= 0.6 is 0 Å². The minimum Gasteiger partial charge on any atom is -0.508 e. The van der Waals surface area contributed by atoms with E-state index in [4.69, 9.17) is 5.11 Å². The van der Waals surface area contributed by atoms with E-state index in [1.165, 1.54) is 0 Å². The Hall–Kier alpha value is -2.04. The standard InChI is InChI=1S/C21H33NO4/c1-3-8-18(10-7-5-6-9-17(4-2)21(25)26)20(24)22-15-16-11-13-19(23)14-12-16/h11-14,17-18,23H,3-10,15H2,1-2H3,(H,22,24)(H,25,26). The summed E-state index contributed by atoms with van der Waals surface area (Å²) in [6, 6.07) is 6.84. The molecule has 0 fully saturated rings. The van der Waals surface area contributed by atoms with Crippen molar-refractivity contribution in [3.8, 4) is 5.75 Å². The molecule has 0 aromatic heterocycles. The van der Waals surface area contributed by atoms with E-state index in [1.807, 2.05) is 6.92 Å². The Morgan fingerprint density at radius 2 is 1.58 bits per heavy atom. The average molecular weight is 363 g/mol. The summed E-state index contributed by atoms with van der Waals surface area (Å²) < 4.78 is 0. The highest BCUT2D eigenvalue weighted by molar-refractivity contribution is 5.78. The predicted octanol–water partition coefficient (Wildman–Crippen LogP) is 4.49. The molecule has 2 unspecified atom stereocenters. The van der Waals surface area contributed by atoms with Crippen LogP contribution in [0.5, 0.6) is 5.75 Å². The van der Waals surface area contributed by atoms with Crippen LogP contribution in [0.15, 0.2) is 24.3 Å². The second kappa shape index (κ2) is 12.3. The van der Waals surface area contributed by atoms with Crippen molar-refractivity contribution in [1.82, 2.24) is 5.32 Å². The molecule has 146 valence electrons. The number of carboxylic acids is 1. The molecule has 5 heteroatoms. The molecule has 1 aromatic rings. The van der Waals surface area contributed by atoms with Gasteiger partial charge >= 0.3 is 5.97 Å². The van der Waals surface area contributed by atoms with Crippen LogP contribution in [0.1, 0.15) is 70.8 Å². The largest absolute Gasteiger partial charge is 0.508 e. The molecular formula is C21H33NO4. The summed E-state index contributed by atoms with van der Waals surface area (Å²) in [6.45, 7) is 4.46. The van der Waals surface area contributed by atoms with Crippen molar-refractivity contribution in [3.63, 3.8) is 0 Å². The molecular weight excluding hydrogens is 330 g/mol. The fourth-order valence-corrected chi connectivity index (χ4v) is 3.16. The van der Waals surface area contributed by atoms with Gasteiger partial charge in [0.05, 0.1) is 5.92 Å². The minimum absolute atomic E-state index is 0.0126. The van der Waals surface area contributed by atoms with Gasteiger partial charge in [-0.25, -0.2) is 0 Å². The number of aliphatic carboxylic acids is 1. The van der Waals surface area contributed by atoms with Gasteiger partial charge < -0.3 is 15.5 Å². The summed E-state index contributed by atoms with van der Waals surface area (Å²) in [6.07, 6.45) is 6.90. The molecule has 0 saturated heterocycles. The Morgan fingerprint density at radius 3 is 2.12 bits per heavy atom. The first kappa shape index (κ1) is 22.0. The van der Waals surface area contributed by atoms with Crippen molar-refractivity contribution in [2.75, 3.05) is 0 Å². The summed E-state index contributed by atoms with van der Waals surface area (Å²) in [5.41, 5.74) is 0.964. The van der Waals surface area contributed by atoms with Crippen molar-refractivity contribution >= 4 is 11.9 Å². The number of rotatable bonds is 13. The maximum atomic E-state index is 12.4. The lowest BCUT2D eigenvalue weighted by molar-refractivity contribution is -0.142. The van der Waals surface area contributed by atoms with Gasteiger partial charge in [0.2, 0.25) is 5.91 Å². The Kier molecular flexibility index (Phi) is 10.4. The number of carbonyl (C=O) groups excluding carboxylic acids is 1. The number of hydrogen-bond donors (Lipinski definition) is 3. The van der Waals surface area contributed by atoms with E-state index in [2.05, 4.69) is 12.2 Å². The number of unbranched alkanes of at least 4 members (excludes halogenated alkanes) is 2. The maximum Gasteiger partial charge on any atom is 0.306 e. The molecule has 5 nitrogen and oxygen atoms in total. The van der Waals surface area contributed by atoms with Crippen LogP contribution in [0.3, 0.4) is 0 Å². The Bertz CT molecular complexity index is 541. The van der Waals surface area contributed by atoms with Crippen LogP contribution in [0.4, 0.5) is 0 Å². The first-order valence-corrected chi connectivity index (χ1v) is 9.76. The lowest BCUT2D eigenvalue weighted by atomic mass is 9.93. The third-order valence-corrected chi connectivity index (χ3v) is 4.86. The smallest absolute Gasteiger partial charge is 0.306 e. The molecule has 0 aliphatic carbocycles. The average Bonchev–Trinajstić information content (AvgIpc) is 2.62. The number of hydrogen-bond acceptors (Lipinski definition) is 3. The number of benzene rings is 1. The molecule has 0 bridgehead atoms. The van der Waals surface area contributed by atoms with Crippen LogP contribution in [0.25, 0.3) is 0 Å². The van der Waals surface area contributed by atoms with Gasteiger partial charge in [-0.15, -0.1) is 0 Å². The monoisotopic (exact) mass is 363 g/mol. The van der Waals surface area contributed by atoms with Crippen molar-refractivity contribution in [3.05, 3.63) is 29.8 Å². The molecule has 26 heavy (non-hydrogen) atoms. The molecule has 0 aliphatic heterocycles. The summed E-state index contributed by atoms with van der Waals surface area (Å²) in [4.78, 5) is 23.5. The van der Waals surface area contributed by atoms with Crippen LogP contribution in [0, 0.1) is 11.8 Å². The van der Waals surface area contributed by atoms with E-state index in [0.717, 1.165) is 50.5 Å². The van der Waals surface area contributed by atoms with E-state index >= 15 is 0 Å². The second-order valence-corrected chi connectivity index (χ2v) is 6.95. The number of aromatic hydroxyl groups is 1. The van der Waals surface area contributed by atoms with E-state index in [9.17, 15) is 14.7 Å². The third kappa shape index (κ3) is 8.37. The van der Waals surface area contributed by atoms with Gasteiger partial charge in [0.15, 0.2) is 0 Å². The molecule has 0 spiro atoms. The molecule has 0 heterocycles. The van der Waals surface area contributed by atoms with E-state index in [-0.39, 0.29) is 23.5 Å². The molecule has 1 amide bonds. The van der Waals surface area contributed by atoms with Crippen LogP contribution in [-0.2, 0) is 16.1 Å². The minimum atomic E-state index is -0.704. The molecule has 2 atom stereocenters. The summed E-state index contributed by atoms with van der Waals surface area (Å²) in [7, 11) is 0. The van der Waals surface area contributed by atoms with Crippen molar-refractivity contribution in [1.29, 1.82) is 0 Å². The fourth-order valence-electron chi connectivity index (χ4n) is 3.16. The SMILES string of the molecule is CCCC(CCCCCC(CC)C(=O)O)C(=O)NCc1ccc(O)cc1. The van der Waals surface area contributed by atoms with E-state index < -0.39 is 5.97 Å². The van der Waals surface area contributed by atoms with Gasteiger partial charge in [-0.3, -0.25) is 9.59 Å². The highest BCUT2D eigenvalue weighted by atomic mass is 16.4. The highest BCUT2D eigenvalue weighted by Gasteiger charge is 2.18. The van der Waals surface area contributed by atoms with Gasteiger partial charge in [-0.05, 0) is 43.4 Å². The van der Waals surface area contributed by atoms with Crippen molar-refractivity contribution < 1.29 is 19.8 Å². The normalized spacial score (nSPS) is 13.2. The van der Waals surface area contributed by atoms with Gasteiger partial charge in [0.1, 0.15) is 5.75 Å². The van der Waals surface area contributed by atoms with Crippen LogP contribution in [-0.4, -0.2) is 22.1 Å². The number of amides is 1. The van der Waals surface area contributed by atoms with Crippen LogP contribution < -0.4 is 5.32 Å². The quantitative estimate of drug-likeness (QED) is 0.451. The number of carbonyl (C=O) groups is 2. The Labute approximate surface area is 156 Å². The number of phenols is 1. The second-order valence-electron chi connectivity index (χ2n) is 6.95. The molecule has 3 N–H and O–H groups in total. The highest BCUT2D eigenvalue weighted by Crippen LogP contribution is 2.19. The van der Waals surface area contributed by atoms with Crippen molar-refractivity contribution in [2.24, 2.45) is 11.8 Å². The van der Waals surface area contributed by atoms with Crippen molar-refractivity contribution in [2.45, 2.75) is 71.8 Å².